The van der Waals surface area contributed by atoms with Gasteiger partial charge in [0.05, 0.1) is 5.56 Å². The predicted octanol–water partition coefficient (Wildman–Crippen LogP) is 2.68. The lowest BCUT2D eigenvalue weighted by atomic mass is 9.96. The van der Waals surface area contributed by atoms with E-state index >= 15 is 0 Å². The normalized spacial score (nSPS) is 16.1. The average Bonchev–Trinajstić information content (AvgIpc) is 2.12. The van der Waals surface area contributed by atoms with Crippen LogP contribution in [0.3, 0.4) is 0 Å². The minimum Gasteiger partial charge on any atom is -0.459 e. The molecule has 0 heterocycles. The minimum absolute atomic E-state index is 0.151. The lowest BCUT2D eigenvalue weighted by molar-refractivity contribution is 0.00900. The smallest absolute Gasteiger partial charge is 0.338 e. The Morgan fingerprint density at radius 3 is 2.43 bits per heavy atom. The lowest BCUT2D eigenvalue weighted by Crippen LogP contribution is -2.24. The summed E-state index contributed by atoms with van der Waals surface area (Å²) in [5, 5.41) is 0. The fourth-order valence-corrected chi connectivity index (χ4v) is 1.45. The number of benzene rings is 1. The van der Waals surface area contributed by atoms with Gasteiger partial charge >= 0.3 is 5.97 Å². The van der Waals surface area contributed by atoms with Crippen molar-refractivity contribution in [3.8, 4) is 0 Å². The molecule has 2 nitrogen and oxygen atoms in total. The fourth-order valence-electron chi connectivity index (χ4n) is 1.31. The van der Waals surface area contributed by atoms with Crippen LogP contribution in [-0.2, 0) is 4.74 Å². The number of ether oxygens (including phenoxy) is 1. The Morgan fingerprint density at radius 1 is 1.29 bits per heavy atom. The summed E-state index contributed by atoms with van der Waals surface area (Å²) in [5.41, 5.74) is 0.606. The van der Waals surface area contributed by atoms with E-state index < -0.39 is 0 Å². The van der Waals surface area contributed by atoms with Crippen molar-refractivity contribution in [2.24, 2.45) is 0 Å². The van der Waals surface area contributed by atoms with Gasteiger partial charge in [0, 0.05) is 4.90 Å². The van der Waals surface area contributed by atoms with Gasteiger partial charge in [-0.2, -0.15) is 0 Å². The predicted molar refractivity (Wildman–Crippen MR) is 56.7 cm³/mol. The molecule has 0 N–H and O–H groups in total. The van der Waals surface area contributed by atoms with Crippen LogP contribution in [0.4, 0.5) is 0 Å². The molecule has 1 aromatic carbocycles. The van der Waals surface area contributed by atoms with Crippen LogP contribution >= 0.6 is 12.6 Å². The second kappa shape index (κ2) is 4.05. The summed E-state index contributed by atoms with van der Waals surface area (Å²) in [5.74, 6) is -0.219. The molecule has 0 bridgehead atoms. The van der Waals surface area contributed by atoms with E-state index in [4.69, 9.17) is 4.74 Å². The van der Waals surface area contributed by atoms with Gasteiger partial charge in [0.2, 0.25) is 0 Å². The van der Waals surface area contributed by atoms with Gasteiger partial charge in [0.1, 0.15) is 6.10 Å². The average molecular weight is 208 g/mol. The Kier molecular flexibility index (Phi) is 2.77. The molecule has 0 spiro atoms. The van der Waals surface area contributed by atoms with Gasteiger partial charge < -0.3 is 4.74 Å². The van der Waals surface area contributed by atoms with Gasteiger partial charge in [-0.3, -0.25) is 0 Å². The highest BCUT2D eigenvalue weighted by atomic mass is 32.1. The molecule has 1 aliphatic rings. The maximum Gasteiger partial charge on any atom is 0.338 e. The molecule has 1 fully saturated rings. The zero-order chi connectivity index (χ0) is 9.97. The van der Waals surface area contributed by atoms with Crippen LogP contribution < -0.4 is 0 Å². The Bertz CT molecular complexity index is 328. The van der Waals surface area contributed by atoms with Crippen molar-refractivity contribution < 1.29 is 9.53 Å². The van der Waals surface area contributed by atoms with E-state index in [2.05, 4.69) is 12.6 Å². The Labute approximate surface area is 88.7 Å². The van der Waals surface area contributed by atoms with Crippen molar-refractivity contribution in [1.29, 1.82) is 0 Å². The molecule has 1 aliphatic carbocycles. The first-order valence-electron chi connectivity index (χ1n) is 4.76. The largest absolute Gasteiger partial charge is 0.459 e. The Hall–Kier alpha value is -0.960. The highest BCUT2D eigenvalue weighted by Crippen LogP contribution is 2.23. The maximum atomic E-state index is 11.5. The molecule has 0 aliphatic heterocycles. The molecular formula is C11H12O2S. The van der Waals surface area contributed by atoms with Crippen LogP contribution in [-0.4, -0.2) is 12.1 Å². The molecule has 2 rings (SSSR count). The zero-order valence-electron chi connectivity index (χ0n) is 7.77. The summed E-state index contributed by atoms with van der Waals surface area (Å²) in [6.07, 6.45) is 3.35. The van der Waals surface area contributed by atoms with E-state index in [1.807, 2.05) is 0 Å². The van der Waals surface area contributed by atoms with E-state index in [1.165, 1.54) is 6.42 Å². The molecule has 74 valence electrons. The summed E-state index contributed by atoms with van der Waals surface area (Å²) in [7, 11) is 0. The third-order valence-electron chi connectivity index (χ3n) is 2.43. The van der Waals surface area contributed by atoms with Gasteiger partial charge in [-0.1, -0.05) is 0 Å². The molecule has 0 aromatic heterocycles. The molecule has 0 unspecified atom stereocenters. The molecule has 1 saturated carbocycles. The first-order chi connectivity index (χ1) is 6.75. The van der Waals surface area contributed by atoms with Crippen LogP contribution in [0, 0.1) is 0 Å². The Balaban J connectivity index is 1.99. The van der Waals surface area contributed by atoms with Gasteiger partial charge in [-0.25, -0.2) is 4.79 Å². The van der Waals surface area contributed by atoms with Gasteiger partial charge in [-0.15, -0.1) is 12.6 Å². The summed E-state index contributed by atoms with van der Waals surface area (Å²) < 4.78 is 5.25. The molecule has 1 aromatic rings. The van der Waals surface area contributed by atoms with E-state index in [-0.39, 0.29) is 12.1 Å². The SMILES string of the molecule is O=C(OC1CCC1)c1ccc(S)cc1. The summed E-state index contributed by atoms with van der Waals surface area (Å²) in [4.78, 5) is 12.4. The van der Waals surface area contributed by atoms with E-state index in [9.17, 15) is 4.79 Å². The van der Waals surface area contributed by atoms with E-state index in [1.54, 1.807) is 24.3 Å². The molecule has 0 radical (unpaired) electrons. The third kappa shape index (κ3) is 2.10. The van der Waals surface area contributed by atoms with E-state index in [0.29, 0.717) is 5.56 Å². The number of esters is 1. The van der Waals surface area contributed by atoms with Crippen LogP contribution in [0.25, 0.3) is 0 Å². The molecule has 0 amide bonds. The summed E-state index contributed by atoms with van der Waals surface area (Å²) >= 11 is 4.15. The minimum atomic E-state index is -0.219. The number of carbonyl (C=O) groups excluding carboxylic acids is 1. The van der Waals surface area contributed by atoms with Crippen LogP contribution in [0.5, 0.6) is 0 Å². The number of hydrogen-bond acceptors (Lipinski definition) is 3. The highest BCUT2D eigenvalue weighted by Gasteiger charge is 2.22. The molecule has 3 heteroatoms. The summed E-state index contributed by atoms with van der Waals surface area (Å²) in [6, 6.07) is 7.06. The quantitative estimate of drug-likeness (QED) is 0.597. The number of thiol groups is 1. The van der Waals surface area contributed by atoms with Crippen LogP contribution in [0.2, 0.25) is 0 Å². The molecule has 14 heavy (non-hydrogen) atoms. The lowest BCUT2D eigenvalue weighted by Gasteiger charge is -2.25. The van der Waals surface area contributed by atoms with E-state index in [0.717, 1.165) is 17.7 Å². The topological polar surface area (TPSA) is 26.3 Å². The second-order valence-electron chi connectivity index (χ2n) is 3.51. The van der Waals surface area contributed by atoms with Crippen molar-refractivity contribution in [3.05, 3.63) is 29.8 Å². The van der Waals surface area contributed by atoms with Crippen molar-refractivity contribution in [3.63, 3.8) is 0 Å². The summed E-state index contributed by atoms with van der Waals surface area (Å²) in [6.45, 7) is 0. The standard InChI is InChI=1S/C11H12O2S/c12-11(13-9-2-1-3-9)8-4-6-10(14)7-5-8/h4-7,9,14H,1-3H2. The molecule has 0 atom stereocenters. The van der Waals surface area contributed by atoms with Gasteiger partial charge in [-0.05, 0) is 43.5 Å². The van der Waals surface area contributed by atoms with Crippen molar-refractivity contribution in [2.45, 2.75) is 30.3 Å². The third-order valence-corrected chi connectivity index (χ3v) is 2.73. The first kappa shape index (κ1) is 9.59. The highest BCUT2D eigenvalue weighted by molar-refractivity contribution is 7.80. The first-order valence-corrected chi connectivity index (χ1v) is 5.20. The second-order valence-corrected chi connectivity index (χ2v) is 4.02. The van der Waals surface area contributed by atoms with Crippen molar-refractivity contribution in [1.82, 2.24) is 0 Å². The Morgan fingerprint density at radius 2 is 1.93 bits per heavy atom. The van der Waals surface area contributed by atoms with Crippen LogP contribution in [0.1, 0.15) is 29.6 Å². The zero-order valence-corrected chi connectivity index (χ0v) is 8.67. The fraction of sp³-hybridized carbons (Fsp3) is 0.364. The van der Waals surface area contributed by atoms with Crippen LogP contribution in [0.15, 0.2) is 29.2 Å². The molecule has 0 saturated heterocycles. The van der Waals surface area contributed by atoms with Gasteiger partial charge in [0.25, 0.3) is 0 Å². The van der Waals surface area contributed by atoms with Gasteiger partial charge in [0.15, 0.2) is 0 Å². The number of hydrogen-bond donors (Lipinski definition) is 1. The maximum absolute atomic E-state index is 11.5. The van der Waals surface area contributed by atoms with Crippen molar-refractivity contribution >= 4 is 18.6 Å². The monoisotopic (exact) mass is 208 g/mol. The molecular weight excluding hydrogens is 196 g/mol. The number of rotatable bonds is 2. The van der Waals surface area contributed by atoms with Crippen molar-refractivity contribution in [2.75, 3.05) is 0 Å². The number of carbonyl (C=O) groups is 1.